The average Bonchev–Trinajstić information content (AvgIpc) is 2.35. The number of nitrogens with two attached hydrogens (primary N) is 1. The molecule has 5 heteroatoms. The van der Waals surface area contributed by atoms with Crippen molar-refractivity contribution >= 4 is 29.9 Å². The topological polar surface area (TPSA) is 55.1 Å². The second-order valence-corrected chi connectivity index (χ2v) is 4.71. The van der Waals surface area contributed by atoms with E-state index in [9.17, 15) is 4.79 Å². The molecule has 3 N–H and O–H groups in total. The molecular formula is C13H20Cl2N2O. The molecule has 1 atom stereocenters. The Labute approximate surface area is 119 Å². The second-order valence-electron chi connectivity index (χ2n) is 4.27. The summed E-state index contributed by atoms with van der Waals surface area (Å²) in [5.41, 5.74) is 6.60. The van der Waals surface area contributed by atoms with Crippen LogP contribution in [0.5, 0.6) is 0 Å². The fraction of sp³-hybridized carbons (Fsp3) is 0.462. The largest absolute Gasteiger partial charge is 0.356 e. The molecule has 0 aromatic heterocycles. The van der Waals surface area contributed by atoms with Crippen molar-refractivity contribution in [2.75, 3.05) is 13.1 Å². The van der Waals surface area contributed by atoms with Crippen LogP contribution in [-0.4, -0.2) is 19.0 Å². The summed E-state index contributed by atoms with van der Waals surface area (Å²) < 4.78 is 0. The highest BCUT2D eigenvalue weighted by Crippen LogP contribution is 2.10. The highest BCUT2D eigenvalue weighted by atomic mass is 35.5. The van der Waals surface area contributed by atoms with Gasteiger partial charge >= 0.3 is 0 Å². The fourth-order valence-corrected chi connectivity index (χ4v) is 1.49. The first-order valence-electron chi connectivity index (χ1n) is 5.83. The summed E-state index contributed by atoms with van der Waals surface area (Å²) in [7, 11) is 0. The SMILES string of the molecule is CC(CN)CNC(=O)CCc1ccc(Cl)cc1.Cl. The molecule has 0 fully saturated rings. The molecule has 1 unspecified atom stereocenters. The van der Waals surface area contributed by atoms with Crippen molar-refractivity contribution in [3.8, 4) is 0 Å². The molecule has 0 aliphatic rings. The molecular weight excluding hydrogens is 271 g/mol. The van der Waals surface area contributed by atoms with Gasteiger partial charge in [-0.2, -0.15) is 0 Å². The number of hydrogen-bond donors (Lipinski definition) is 2. The molecule has 0 heterocycles. The minimum absolute atomic E-state index is 0. The monoisotopic (exact) mass is 290 g/mol. The molecule has 102 valence electrons. The Balaban J connectivity index is 0.00000289. The molecule has 0 saturated carbocycles. The van der Waals surface area contributed by atoms with Gasteiger partial charge in [0, 0.05) is 18.0 Å². The van der Waals surface area contributed by atoms with Crippen molar-refractivity contribution < 1.29 is 4.79 Å². The summed E-state index contributed by atoms with van der Waals surface area (Å²) in [6, 6.07) is 7.56. The summed E-state index contributed by atoms with van der Waals surface area (Å²) in [6.07, 6.45) is 1.24. The maximum Gasteiger partial charge on any atom is 0.220 e. The molecule has 1 aromatic rings. The van der Waals surface area contributed by atoms with E-state index in [0.29, 0.717) is 25.4 Å². The Kier molecular flexibility index (Phi) is 8.81. The number of rotatable bonds is 6. The predicted octanol–water partition coefficient (Wildman–Crippen LogP) is 2.41. The molecule has 0 aliphatic heterocycles. The molecule has 0 bridgehead atoms. The minimum atomic E-state index is 0. The van der Waals surface area contributed by atoms with Gasteiger partial charge in [-0.15, -0.1) is 12.4 Å². The highest BCUT2D eigenvalue weighted by Gasteiger charge is 2.04. The van der Waals surface area contributed by atoms with Gasteiger partial charge in [0.2, 0.25) is 5.91 Å². The lowest BCUT2D eigenvalue weighted by Crippen LogP contribution is -2.31. The quantitative estimate of drug-likeness (QED) is 0.845. The number of amides is 1. The molecule has 3 nitrogen and oxygen atoms in total. The van der Waals surface area contributed by atoms with E-state index < -0.39 is 0 Å². The van der Waals surface area contributed by atoms with E-state index in [-0.39, 0.29) is 18.3 Å². The molecule has 18 heavy (non-hydrogen) atoms. The second kappa shape index (κ2) is 9.20. The Morgan fingerprint density at radius 1 is 1.39 bits per heavy atom. The van der Waals surface area contributed by atoms with Gasteiger partial charge in [-0.25, -0.2) is 0 Å². The van der Waals surface area contributed by atoms with Crippen LogP contribution in [0.1, 0.15) is 18.9 Å². The predicted molar refractivity (Wildman–Crippen MR) is 78.2 cm³/mol. The lowest BCUT2D eigenvalue weighted by atomic mass is 10.1. The first-order chi connectivity index (χ1) is 8.11. The number of carbonyl (C=O) groups excluding carboxylic acids is 1. The number of hydrogen-bond acceptors (Lipinski definition) is 2. The van der Waals surface area contributed by atoms with Crippen LogP contribution in [0.4, 0.5) is 0 Å². The van der Waals surface area contributed by atoms with Gasteiger partial charge in [0.05, 0.1) is 0 Å². The zero-order valence-electron chi connectivity index (χ0n) is 10.5. The van der Waals surface area contributed by atoms with E-state index in [0.717, 1.165) is 17.0 Å². The molecule has 1 aromatic carbocycles. The third-order valence-electron chi connectivity index (χ3n) is 2.60. The van der Waals surface area contributed by atoms with Crippen molar-refractivity contribution in [3.05, 3.63) is 34.9 Å². The molecule has 0 radical (unpaired) electrons. The van der Waals surface area contributed by atoms with Crippen LogP contribution in [0.3, 0.4) is 0 Å². The first-order valence-corrected chi connectivity index (χ1v) is 6.21. The van der Waals surface area contributed by atoms with E-state index in [4.69, 9.17) is 17.3 Å². The lowest BCUT2D eigenvalue weighted by Gasteiger charge is -2.09. The summed E-state index contributed by atoms with van der Waals surface area (Å²) in [5, 5.41) is 3.59. The van der Waals surface area contributed by atoms with Crippen LogP contribution in [-0.2, 0) is 11.2 Å². The average molecular weight is 291 g/mol. The van der Waals surface area contributed by atoms with Crippen molar-refractivity contribution in [1.29, 1.82) is 0 Å². The van der Waals surface area contributed by atoms with E-state index >= 15 is 0 Å². The standard InChI is InChI=1S/C13H19ClN2O.ClH/c1-10(8-15)9-16-13(17)7-4-11-2-5-12(14)6-3-11;/h2-3,5-6,10H,4,7-9,15H2,1H3,(H,16,17);1H. The maximum atomic E-state index is 11.5. The Morgan fingerprint density at radius 2 is 2.00 bits per heavy atom. The number of nitrogens with one attached hydrogen (secondary N) is 1. The van der Waals surface area contributed by atoms with Crippen LogP contribution in [0.2, 0.25) is 5.02 Å². The summed E-state index contributed by atoms with van der Waals surface area (Å²) in [5.74, 6) is 0.398. The summed E-state index contributed by atoms with van der Waals surface area (Å²) >= 11 is 5.78. The normalized spacial score (nSPS) is 11.5. The molecule has 0 saturated heterocycles. The number of carbonyl (C=O) groups is 1. The summed E-state index contributed by atoms with van der Waals surface area (Å²) in [4.78, 5) is 11.5. The highest BCUT2D eigenvalue weighted by molar-refractivity contribution is 6.30. The summed E-state index contributed by atoms with van der Waals surface area (Å²) in [6.45, 7) is 3.26. The van der Waals surface area contributed by atoms with Crippen LogP contribution in [0.25, 0.3) is 0 Å². The van der Waals surface area contributed by atoms with Gasteiger partial charge in [0.1, 0.15) is 0 Å². The maximum absolute atomic E-state index is 11.5. The molecule has 0 aliphatic carbocycles. The Bertz CT molecular complexity index is 355. The first kappa shape index (κ1) is 17.2. The zero-order chi connectivity index (χ0) is 12.7. The Hall–Kier alpha value is -0.770. The van der Waals surface area contributed by atoms with E-state index in [2.05, 4.69) is 5.32 Å². The van der Waals surface area contributed by atoms with Crippen LogP contribution in [0.15, 0.2) is 24.3 Å². The third kappa shape index (κ3) is 6.84. The Morgan fingerprint density at radius 3 is 2.56 bits per heavy atom. The van der Waals surface area contributed by atoms with Crippen LogP contribution in [0, 0.1) is 5.92 Å². The van der Waals surface area contributed by atoms with Gasteiger partial charge in [-0.3, -0.25) is 4.79 Å². The minimum Gasteiger partial charge on any atom is -0.356 e. The van der Waals surface area contributed by atoms with E-state index in [1.165, 1.54) is 0 Å². The fourth-order valence-electron chi connectivity index (χ4n) is 1.37. The van der Waals surface area contributed by atoms with Gasteiger partial charge in [-0.05, 0) is 36.6 Å². The van der Waals surface area contributed by atoms with Crippen molar-refractivity contribution in [1.82, 2.24) is 5.32 Å². The van der Waals surface area contributed by atoms with Gasteiger partial charge in [0.15, 0.2) is 0 Å². The smallest absolute Gasteiger partial charge is 0.220 e. The number of halogens is 2. The van der Waals surface area contributed by atoms with Gasteiger partial charge < -0.3 is 11.1 Å². The van der Waals surface area contributed by atoms with Gasteiger partial charge in [0.25, 0.3) is 0 Å². The van der Waals surface area contributed by atoms with Gasteiger partial charge in [-0.1, -0.05) is 30.7 Å². The zero-order valence-corrected chi connectivity index (χ0v) is 12.1. The van der Waals surface area contributed by atoms with Crippen molar-refractivity contribution in [3.63, 3.8) is 0 Å². The van der Waals surface area contributed by atoms with Crippen molar-refractivity contribution in [2.24, 2.45) is 11.7 Å². The van der Waals surface area contributed by atoms with Crippen LogP contribution >= 0.6 is 24.0 Å². The van der Waals surface area contributed by atoms with E-state index in [1.54, 1.807) is 0 Å². The number of aryl methyl sites for hydroxylation is 1. The molecule has 0 spiro atoms. The van der Waals surface area contributed by atoms with Crippen LogP contribution < -0.4 is 11.1 Å². The lowest BCUT2D eigenvalue weighted by molar-refractivity contribution is -0.121. The molecule has 1 amide bonds. The molecule has 1 rings (SSSR count). The number of benzene rings is 1. The third-order valence-corrected chi connectivity index (χ3v) is 2.86. The van der Waals surface area contributed by atoms with E-state index in [1.807, 2.05) is 31.2 Å². The van der Waals surface area contributed by atoms with Crippen molar-refractivity contribution in [2.45, 2.75) is 19.8 Å².